The number of nitrogens with one attached hydrogen (secondary N) is 3. The van der Waals surface area contributed by atoms with Gasteiger partial charge in [-0.05, 0) is 39.5 Å². The Morgan fingerprint density at radius 2 is 1.56 bits per heavy atom. The van der Waals surface area contributed by atoms with Crippen LogP contribution in [0.5, 0.6) is 0 Å². The smallest absolute Gasteiger partial charge is 0.245 e. The molecule has 0 aromatic heterocycles. The Balaban J connectivity index is 1.60. The molecule has 0 aliphatic carbocycles. The van der Waals surface area contributed by atoms with Crippen molar-refractivity contribution in [1.82, 2.24) is 20.9 Å². The average molecular weight is 451 g/mol. The van der Waals surface area contributed by atoms with Crippen LogP contribution in [0.2, 0.25) is 0 Å². The normalized spacial score (nSPS) is 31.1. The fourth-order valence-electron chi connectivity index (χ4n) is 4.23. The number of hydrogen-bond acceptors (Lipinski definition) is 6. The first-order chi connectivity index (χ1) is 15.3. The van der Waals surface area contributed by atoms with Crippen molar-refractivity contribution in [3.8, 4) is 0 Å². The number of carbonyl (C=O) groups is 5. The molecule has 0 bridgehead atoms. The molecule has 3 rings (SSSR count). The number of unbranched alkanes of at least 4 members (excludes halogenated alkanes) is 3. The van der Waals surface area contributed by atoms with Gasteiger partial charge in [-0.3, -0.25) is 24.0 Å². The molecule has 3 aliphatic rings. The van der Waals surface area contributed by atoms with Gasteiger partial charge in [-0.15, -0.1) is 0 Å². The molecule has 1 unspecified atom stereocenters. The number of ether oxygens (including phenoxy) is 1. The van der Waals surface area contributed by atoms with E-state index < -0.39 is 36.0 Å². The zero-order chi connectivity index (χ0) is 23.3. The third-order valence-electron chi connectivity index (χ3n) is 6.32. The summed E-state index contributed by atoms with van der Waals surface area (Å²) in [4.78, 5) is 64.1. The van der Waals surface area contributed by atoms with Crippen molar-refractivity contribution in [3.05, 3.63) is 0 Å². The lowest BCUT2D eigenvalue weighted by molar-refractivity contribution is -0.143. The van der Waals surface area contributed by atoms with Crippen molar-refractivity contribution in [1.29, 1.82) is 0 Å². The van der Waals surface area contributed by atoms with Crippen LogP contribution >= 0.6 is 0 Å². The molecule has 0 aromatic rings. The van der Waals surface area contributed by atoms with Gasteiger partial charge in [0.15, 0.2) is 5.78 Å². The molecular formula is C22H34N4O6. The highest BCUT2D eigenvalue weighted by atomic mass is 16.6. The summed E-state index contributed by atoms with van der Waals surface area (Å²) in [6.45, 7) is 4.09. The Kier molecular flexibility index (Phi) is 8.22. The van der Waals surface area contributed by atoms with Gasteiger partial charge in [0.2, 0.25) is 23.6 Å². The van der Waals surface area contributed by atoms with E-state index in [9.17, 15) is 24.0 Å². The third kappa shape index (κ3) is 6.27. The SMILES string of the molecule is C[C@@H]1NC(=O)C2CCCN2C(=O)[C@H](CCCCCCC(=O)[C@@H]2CO2)NC(=O)[C@@H](C)NC1=O. The monoisotopic (exact) mass is 450 g/mol. The fourth-order valence-corrected chi connectivity index (χ4v) is 4.23. The summed E-state index contributed by atoms with van der Waals surface area (Å²) in [5.41, 5.74) is 0. The number of rotatable bonds is 8. The van der Waals surface area contributed by atoms with Crippen LogP contribution in [0.15, 0.2) is 0 Å². The number of carbonyl (C=O) groups excluding carboxylic acids is 5. The molecule has 0 saturated carbocycles. The van der Waals surface area contributed by atoms with Crippen molar-refractivity contribution < 1.29 is 28.7 Å². The zero-order valence-electron chi connectivity index (χ0n) is 18.9. The molecular weight excluding hydrogens is 416 g/mol. The predicted octanol–water partition coefficient (Wildman–Crippen LogP) is -0.206. The molecule has 3 aliphatic heterocycles. The molecule has 178 valence electrons. The number of hydrogen-bond donors (Lipinski definition) is 3. The second-order valence-electron chi connectivity index (χ2n) is 8.95. The van der Waals surface area contributed by atoms with E-state index in [1.54, 1.807) is 13.8 Å². The fraction of sp³-hybridized carbons (Fsp3) is 0.773. The molecule has 10 heteroatoms. The Labute approximate surface area is 188 Å². The maximum Gasteiger partial charge on any atom is 0.245 e. The van der Waals surface area contributed by atoms with E-state index in [0.717, 1.165) is 19.3 Å². The number of nitrogens with zero attached hydrogens (tertiary/aromatic N) is 1. The minimum Gasteiger partial charge on any atom is -0.365 e. The van der Waals surface area contributed by atoms with Gasteiger partial charge in [0, 0.05) is 13.0 Å². The summed E-state index contributed by atoms with van der Waals surface area (Å²) in [7, 11) is 0. The van der Waals surface area contributed by atoms with Crippen LogP contribution < -0.4 is 16.0 Å². The second-order valence-corrected chi connectivity index (χ2v) is 8.95. The largest absolute Gasteiger partial charge is 0.365 e. The zero-order valence-corrected chi connectivity index (χ0v) is 18.9. The third-order valence-corrected chi connectivity index (χ3v) is 6.32. The Hall–Kier alpha value is -2.49. The first kappa shape index (κ1) is 24.2. The van der Waals surface area contributed by atoms with Gasteiger partial charge in [0.1, 0.15) is 30.3 Å². The second kappa shape index (κ2) is 10.9. The van der Waals surface area contributed by atoms with Crippen molar-refractivity contribution in [3.63, 3.8) is 0 Å². The molecule has 3 heterocycles. The van der Waals surface area contributed by atoms with Crippen LogP contribution in [0, 0.1) is 0 Å². The van der Waals surface area contributed by atoms with Gasteiger partial charge < -0.3 is 25.6 Å². The molecule has 0 radical (unpaired) electrons. The van der Waals surface area contributed by atoms with Crippen LogP contribution in [0.3, 0.4) is 0 Å². The first-order valence-electron chi connectivity index (χ1n) is 11.6. The number of ketones is 1. The number of amides is 4. The minimum atomic E-state index is -0.832. The number of fused-ring (bicyclic) bond motifs is 1. The molecule has 10 nitrogen and oxygen atoms in total. The Morgan fingerprint density at radius 3 is 2.25 bits per heavy atom. The van der Waals surface area contributed by atoms with Crippen molar-refractivity contribution in [2.45, 2.75) is 95.5 Å². The number of Topliss-reactive ketones (excluding diaryl/α,β-unsaturated/α-hetero) is 1. The van der Waals surface area contributed by atoms with Crippen LogP contribution in [-0.2, 0) is 28.7 Å². The Morgan fingerprint density at radius 1 is 0.938 bits per heavy atom. The van der Waals surface area contributed by atoms with Crippen LogP contribution in [0.25, 0.3) is 0 Å². The number of epoxide rings is 1. The molecule has 32 heavy (non-hydrogen) atoms. The van der Waals surface area contributed by atoms with E-state index >= 15 is 0 Å². The standard InChI is InChI=1S/C22H34N4O6/c1-13-19(28)23-14(2)20(29)25-15(8-5-3-4-6-10-17(27)18-12-32-18)22(31)26-11-7-9-16(26)21(30)24-13/h13-16,18H,3-12H2,1-2H3,(H,23,28)(H,24,30)(H,25,29)/t13-,14+,15-,16?,18-/m0/s1. The topological polar surface area (TPSA) is 137 Å². The summed E-state index contributed by atoms with van der Waals surface area (Å²) in [6, 6.07) is -3.02. The highest BCUT2D eigenvalue weighted by molar-refractivity contribution is 5.97. The lowest BCUT2D eigenvalue weighted by Crippen LogP contribution is -2.60. The van der Waals surface area contributed by atoms with Crippen LogP contribution in [-0.4, -0.2) is 77.7 Å². The summed E-state index contributed by atoms with van der Waals surface area (Å²) in [5, 5.41) is 8.04. The molecule has 0 aromatic carbocycles. The van der Waals surface area contributed by atoms with Gasteiger partial charge in [-0.25, -0.2) is 0 Å². The van der Waals surface area contributed by atoms with E-state index in [1.807, 2.05) is 0 Å². The predicted molar refractivity (Wildman–Crippen MR) is 114 cm³/mol. The average Bonchev–Trinajstić information content (AvgIpc) is 3.49. The molecule has 0 spiro atoms. The lowest BCUT2D eigenvalue weighted by Gasteiger charge is -2.31. The quantitative estimate of drug-likeness (QED) is 0.346. The minimum absolute atomic E-state index is 0.149. The van der Waals surface area contributed by atoms with E-state index in [1.165, 1.54) is 4.90 Å². The van der Waals surface area contributed by atoms with Crippen LogP contribution in [0.1, 0.15) is 65.2 Å². The summed E-state index contributed by atoms with van der Waals surface area (Å²) in [5.74, 6) is -1.33. The van der Waals surface area contributed by atoms with Gasteiger partial charge in [0.05, 0.1) is 6.61 Å². The molecule has 4 amide bonds. The summed E-state index contributed by atoms with van der Waals surface area (Å²) in [6.07, 6.45) is 5.12. The van der Waals surface area contributed by atoms with E-state index in [-0.39, 0.29) is 23.7 Å². The lowest BCUT2D eigenvalue weighted by atomic mass is 10.0. The van der Waals surface area contributed by atoms with E-state index in [0.29, 0.717) is 45.3 Å². The summed E-state index contributed by atoms with van der Waals surface area (Å²) < 4.78 is 4.98. The first-order valence-corrected chi connectivity index (χ1v) is 11.6. The highest BCUT2D eigenvalue weighted by Crippen LogP contribution is 2.21. The Bertz CT molecular complexity index is 753. The van der Waals surface area contributed by atoms with Gasteiger partial charge in [-0.2, -0.15) is 0 Å². The molecule has 3 N–H and O–H groups in total. The van der Waals surface area contributed by atoms with Gasteiger partial charge >= 0.3 is 0 Å². The maximum absolute atomic E-state index is 13.3. The van der Waals surface area contributed by atoms with Crippen molar-refractivity contribution >= 4 is 29.4 Å². The molecule has 5 atom stereocenters. The molecule has 3 saturated heterocycles. The van der Waals surface area contributed by atoms with E-state index in [2.05, 4.69) is 16.0 Å². The molecule has 3 fully saturated rings. The van der Waals surface area contributed by atoms with E-state index in [4.69, 9.17) is 4.74 Å². The van der Waals surface area contributed by atoms with Crippen LogP contribution in [0.4, 0.5) is 0 Å². The highest BCUT2D eigenvalue weighted by Gasteiger charge is 2.39. The van der Waals surface area contributed by atoms with Gasteiger partial charge in [0.25, 0.3) is 0 Å². The maximum atomic E-state index is 13.3. The van der Waals surface area contributed by atoms with Crippen molar-refractivity contribution in [2.24, 2.45) is 0 Å². The van der Waals surface area contributed by atoms with Crippen molar-refractivity contribution in [2.75, 3.05) is 13.2 Å². The summed E-state index contributed by atoms with van der Waals surface area (Å²) >= 11 is 0. The van der Waals surface area contributed by atoms with Gasteiger partial charge in [-0.1, -0.05) is 19.3 Å².